The van der Waals surface area contributed by atoms with E-state index in [0.29, 0.717) is 17.6 Å². The normalized spacial score (nSPS) is 14.0. The first-order chi connectivity index (χ1) is 13.1. The minimum Gasteiger partial charge on any atom is -0.365 e. The molecule has 0 aliphatic heterocycles. The van der Waals surface area contributed by atoms with Gasteiger partial charge in [0.25, 0.3) is 5.95 Å². The monoisotopic (exact) mass is 423 g/mol. The highest BCUT2D eigenvalue weighted by molar-refractivity contribution is 9.10. The fourth-order valence-corrected chi connectivity index (χ4v) is 3.94. The number of nitrogens with zero attached hydrogens (tertiary/aromatic N) is 5. The van der Waals surface area contributed by atoms with E-state index in [-0.39, 0.29) is 0 Å². The zero-order chi connectivity index (χ0) is 18.5. The van der Waals surface area contributed by atoms with Crippen LogP contribution < -0.4 is 5.32 Å². The van der Waals surface area contributed by atoms with Crippen molar-refractivity contribution in [2.24, 2.45) is 0 Å². The van der Waals surface area contributed by atoms with Gasteiger partial charge in [-0.2, -0.15) is 15.1 Å². The predicted molar refractivity (Wildman–Crippen MR) is 107 cm³/mol. The first kappa shape index (κ1) is 16.4. The number of fused-ring (bicyclic) bond motifs is 2. The summed E-state index contributed by atoms with van der Waals surface area (Å²) in [5.41, 5.74) is 6.10. The molecule has 3 heterocycles. The standard InChI is InChI=1S/C19H18BrN7/c1-10-15(20)11(2)27(26-10)19-24-17-16(21-9-22-17)18(25-19)23-14-7-12-5-3-4-6-13(12)8-14/h3-6,9,14H,7-8H2,1-2H3,(H2,21,22,23,24,25). The molecule has 1 aliphatic carbocycles. The van der Waals surface area contributed by atoms with E-state index in [4.69, 9.17) is 4.98 Å². The lowest BCUT2D eigenvalue weighted by molar-refractivity contribution is 0.754. The van der Waals surface area contributed by atoms with E-state index in [9.17, 15) is 0 Å². The summed E-state index contributed by atoms with van der Waals surface area (Å²) >= 11 is 3.57. The average molecular weight is 424 g/mol. The van der Waals surface area contributed by atoms with E-state index >= 15 is 0 Å². The van der Waals surface area contributed by atoms with Crippen molar-refractivity contribution in [1.29, 1.82) is 0 Å². The van der Waals surface area contributed by atoms with Crippen molar-refractivity contribution >= 4 is 32.9 Å². The highest BCUT2D eigenvalue weighted by Crippen LogP contribution is 2.27. The number of benzene rings is 1. The Morgan fingerprint density at radius 2 is 1.89 bits per heavy atom. The number of aryl methyl sites for hydroxylation is 1. The molecule has 0 radical (unpaired) electrons. The van der Waals surface area contributed by atoms with Gasteiger partial charge in [-0.05, 0) is 53.7 Å². The molecule has 3 aromatic heterocycles. The molecule has 0 amide bonds. The molecule has 136 valence electrons. The summed E-state index contributed by atoms with van der Waals surface area (Å²) in [6, 6.07) is 8.88. The van der Waals surface area contributed by atoms with Crippen LogP contribution in [0.25, 0.3) is 17.1 Å². The second kappa shape index (κ2) is 6.16. The summed E-state index contributed by atoms with van der Waals surface area (Å²) in [7, 11) is 0. The Hall–Kier alpha value is -2.74. The topological polar surface area (TPSA) is 84.3 Å². The molecule has 0 saturated heterocycles. The maximum Gasteiger partial charge on any atom is 0.254 e. The number of hydrogen-bond acceptors (Lipinski definition) is 5. The van der Waals surface area contributed by atoms with Crippen LogP contribution in [0.4, 0.5) is 5.82 Å². The Balaban J connectivity index is 1.54. The molecule has 1 aliphatic rings. The fraction of sp³-hybridized carbons (Fsp3) is 0.263. The third-order valence-corrected chi connectivity index (χ3v) is 6.21. The van der Waals surface area contributed by atoms with Crippen LogP contribution in [0.3, 0.4) is 0 Å². The molecular formula is C19H18BrN7. The molecule has 0 bridgehead atoms. The number of halogens is 1. The van der Waals surface area contributed by atoms with Crippen LogP contribution in [0.5, 0.6) is 0 Å². The molecule has 0 saturated carbocycles. The average Bonchev–Trinajstić information content (AvgIpc) is 3.35. The molecule has 4 aromatic rings. The fourth-order valence-electron chi connectivity index (χ4n) is 3.69. The lowest BCUT2D eigenvalue weighted by atomic mass is 10.1. The van der Waals surface area contributed by atoms with Gasteiger partial charge in [0.05, 0.1) is 22.2 Å². The molecule has 1 aromatic carbocycles. The third kappa shape index (κ3) is 2.71. The van der Waals surface area contributed by atoms with Gasteiger partial charge in [0.2, 0.25) is 0 Å². The Kier molecular flexibility index (Phi) is 3.75. The second-order valence-electron chi connectivity index (χ2n) is 6.89. The summed E-state index contributed by atoms with van der Waals surface area (Å²) in [6.07, 6.45) is 3.61. The van der Waals surface area contributed by atoms with Crippen LogP contribution in [0.1, 0.15) is 22.5 Å². The molecule has 0 spiro atoms. The molecule has 8 heteroatoms. The van der Waals surface area contributed by atoms with Gasteiger partial charge in [0.15, 0.2) is 11.5 Å². The number of hydrogen-bond donors (Lipinski definition) is 2. The number of aromatic nitrogens is 6. The quantitative estimate of drug-likeness (QED) is 0.526. The molecule has 0 atom stereocenters. The first-order valence-electron chi connectivity index (χ1n) is 8.86. The third-order valence-electron chi connectivity index (χ3n) is 5.06. The number of anilines is 1. The van der Waals surface area contributed by atoms with E-state index in [1.165, 1.54) is 11.1 Å². The highest BCUT2D eigenvalue weighted by Gasteiger charge is 2.23. The predicted octanol–water partition coefficient (Wildman–Crippen LogP) is 3.50. The molecule has 5 rings (SSSR count). The van der Waals surface area contributed by atoms with Crippen LogP contribution in [-0.4, -0.2) is 35.8 Å². The van der Waals surface area contributed by atoms with E-state index < -0.39 is 0 Å². The smallest absolute Gasteiger partial charge is 0.254 e. The Bertz CT molecular complexity index is 1140. The number of nitrogens with one attached hydrogen (secondary N) is 2. The van der Waals surface area contributed by atoms with Gasteiger partial charge < -0.3 is 10.3 Å². The van der Waals surface area contributed by atoms with Gasteiger partial charge in [-0.3, -0.25) is 0 Å². The largest absolute Gasteiger partial charge is 0.365 e. The van der Waals surface area contributed by atoms with Crippen molar-refractivity contribution in [2.75, 3.05) is 5.32 Å². The van der Waals surface area contributed by atoms with Crippen molar-refractivity contribution in [1.82, 2.24) is 29.7 Å². The maximum absolute atomic E-state index is 4.77. The van der Waals surface area contributed by atoms with E-state index in [0.717, 1.165) is 40.0 Å². The van der Waals surface area contributed by atoms with Gasteiger partial charge in [-0.15, -0.1) is 0 Å². The zero-order valence-electron chi connectivity index (χ0n) is 15.0. The molecule has 0 unspecified atom stereocenters. The zero-order valence-corrected chi connectivity index (χ0v) is 16.6. The number of imidazole rings is 1. The lowest BCUT2D eigenvalue weighted by Gasteiger charge is -2.14. The summed E-state index contributed by atoms with van der Waals surface area (Å²) < 4.78 is 2.72. The van der Waals surface area contributed by atoms with Crippen LogP contribution in [0.2, 0.25) is 0 Å². The van der Waals surface area contributed by atoms with E-state index in [2.05, 4.69) is 65.6 Å². The van der Waals surface area contributed by atoms with Crippen molar-refractivity contribution in [3.05, 3.63) is 57.6 Å². The van der Waals surface area contributed by atoms with Crippen molar-refractivity contribution in [2.45, 2.75) is 32.7 Å². The van der Waals surface area contributed by atoms with Crippen molar-refractivity contribution in [3.8, 4) is 5.95 Å². The Morgan fingerprint density at radius 3 is 2.56 bits per heavy atom. The summed E-state index contributed by atoms with van der Waals surface area (Å²) in [6.45, 7) is 3.94. The summed E-state index contributed by atoms with van der Waals surface area (Å²) in [5, 5.41) is 8.15. The molecule has 0 fully saturated rings. The number of H-pyrrole nitrogens is 1. The minimum atomic E-state index is 0.295. The minimum absolute atomic E-state index is 0.295. The first-order valence-corrected chi connectivity index (χ1v) is 9.66. The van der Waals surface area contributed by atoms with Gasteiger partial charge in [0.1, 0.15) is 5.52 Å². The molecule has 2 N–H and O–H groups in total. The second-order valence-corrected chi connectivity index (χ2v) is 7.68. The SMILES string of the molecule is Cc1nn(-c2nc(NC3Cc4ccccc4C3)c3[nH]cnc3n2)c(C)c1Br. The number of rotatable bonds is 3. The summed E-state index contributed by atoms with van der Waals surface area (Å²) in [5.74, 6) is 1.27. The van der Waals surface area contributed by atoms with E-state index in [1.807, 2.05) is 13.8 Å². The van der Waals surface area contributed by atoms with E-state index in [1.54, 1.807) is 11.0 Å². The molecule has 7 nitrogen and oxygen atoms in total. The maximum atomic E-state index is 4.77. The Morgan fingerprint density at radius 1 is 1.15 bits per heavy atom. The van der Waals surface area contributed by atoms with Crippen molar-refractivity contribution in [3.63, 3.8) is 0 Å². The lowest BCUT2D eigenvalue weighted by Crippen LogP contribution is -2.21. The van der Waals surface area contributed by atoms with Gasteiger partial charge in [-0.25, -0.2) is 9.67 Å². The van der Waals surface area contributed by atoms with Gasteiger partial charge in [0, 0.05) is 6.04 Å². The van der Waals surface area contributed by atoms with Gasteiger partial charge >= 0.3 is 0 Å². The molecule has 27 heavy (non-hydrogen) atoms. The van der Waals surface area contributed by atoms with Crippen molar-refractivity contribution < 1.29 is 0 Å². The molecular weight excluding hydrogens is 406 g/mol. The summed E-state index contributed by atoms with van der Waals surface area (Å²) in [4.78, 5) is 16.8. The van der Waals surface area contributed by atoms with Crippen LogP contribution >= 0.6 is 15.9 Å². The van der Waals surface area contributed by atoms with Crippen LogP contribution in [0, 0.1) is 13.8 Å². The van der Waals surface area contributed by atoms with Crippen LogP contribution in [-0.2, 0) is 12.8 Å². The van der Waals surface area contributed by atoms with Crippen LogP contribution in [0.15, 0.2) is 35.1 Å². The number of aromatic amines is 1. The Labute approximate surface area is 164 Å². The highest BCUT2D eigenvalue weighted by atomic mass is 79.9. The van der Waals surface area contributed by atoms with Gasteiger partial charge in [-0.1, -0.05) is 24.3 Å².